The molecule has 3 heterocycles. The predicted molar refractivity (Wildman–Crippen MR) is 190 cm³/mol. The normalized spacial score (nSPS) is 17.8. The predicted octanol–water partition coefficient (Wildman–Crippen LogP) is 8.77. The van der Waals surface area contributed by atoms with Gasteiger partial charge >= 0.3 is 6.11 Å². The average Bonchev–Trinajstić information content (AvgIpc) is 3.14. The molecule has 0 aliphatic carbocycles. The van der Waals surface area contributed by atoms with Crippen LogP contribution in [0.5, 0.6) is 23.0 Å². The number of benzene rings is 3. The number of piperidine rings is 3. The van der Waals surface area contributed by atoms with E-state index in [1.54, 1.807) is 12.1 Å². The fourth-order valence-corrected chi connectivity index (χ4v) is 7.36. The van der Waals surface area contributed by atoms with Gasteiger partial charge in [-0.3, -0.25) is 14.7 Å². The average molecular weight is 768 g/mol. The third-order valence-electron chi connectivity index (χ3n) is 10.2. The molecule has 296 valence electrons. The quantitative estimate of drug-likeness (QED) is 0.107. The monoisotopic (exact) mass is 767 g/mol. The second-order valence-electron chi connectivity index (χ2n) is 14.2. The number of halogens is 7. The molecular formula is C40H48F7N3O4. The van der Waals surface area contributed by atoms with E-state index in [0.717, 1.165) is 90.6 Å². The van der Waals surface area contributed by atoms with E-state index in [2.05, 4.69) is 19.4 Å². The van der Waals surface area contributed by atoms with Crippen LogP contribution in [0.1, 0.15) is 63.4 Å². The Kier molecular flexibility index (Phi) is 13.8. The highest BCUT2D eigenvalue weighted by atomic mass is 19.3. The zero-order valence-electron chi connectivity index (χ0n) is 30.4. The van der Waals surface area contributed by atoms with E-state index in [1.807, 2.05) is 0 Å². The van der Waals surface area contributed by atoms with Crippen molar-refractivity contribution in [2.45, 2.75) is 63.9 Å². The Hall–Kier alpha value is -3.75. The lowest BCUT2D eigenvalue weighted by molar-refractivity contribution is -0.189. The third kappa shape index (κ3) is 10.5. The molecule has 54 heavy (non-hydrogen) atoms. The van der Waals surface area contributed by atoms with Crippen LogP contribution in [0.2, 0.25) is 0 Å². The minimum atomic E-state index is -4.74. The molecule has 0 atom stereocenters. The lowest BCUT2D eigenvalue weighted by atomic mass is 10.00. The molecule has 0 bridgehead atoms. The molecule has 0 spiro atoms. The summed E-state index contributed by atoms with van der Waals surface area (Å²) in [6.07, 6.45) is 5.34. The maximum absolute atomic E-state index is 15.8. The summed E-state index contributed by atoms with van der Waals surface area (Å²) < 4.78 is 126. The van der Waals surface area contributed by atoms with E-state index < -0.39 is 46.5 Å². The van der Waals surface area contributed by atoms with Crippen LogP contribution in [0.4, 0.5) is 30.7 Å². The Labute approximate surface area is 311 Å². The summed E-state index contributed by atoms with van der Waals surface area (Å²) in [6, 6.07) is 4.99. The molecule has 0 saturated carbocycles. The number of likely N-dealkylation sites (tertiary alicyclic amines) is 3. The van der Waals surface area contributed by atoms with Gasteiger partial charge in [-0.2, -0.15) is 8.78 Å². The van der Waals surface area contributed by atoms with Gasteiger partial charge in [0.2, 0.25) is 0 Å². The summed E-state index contributed by atoms with van der Waals surface area (Å²) in [4.78, 5) is 6.88. The van der Waals surface area contributed by atoms with Gasteiger partial charge in [-0.25, -0.2) is 22.0 Å². The van der Waals surface area contributed by atoms with E-state index in [-0.39, 0.29) is 48.0 Å². The van der Waals surface area contributed by atoms with Crippen LogP contribution in [-0.4, -0.2) is 93.4 Å². The molecule has 0 amide bonds. The molecule has 3 aromatic rings. The van der Waals surface area contributed by atoms with Crippen LogP contribution in [0.25, 0.3) is 11.1 Å². The molecule has 3 aliphatic rings. The highest BCUT2D eigenvalue weighted by Crippen LogP contribution is 2.45. The van der Waals surface area contributed by atoms with Crippen LogP contribution in [0.15, 0.2) is 36.4 Å². The number of alkyl halides is 2. The zero-order valence-corrected chi connectivity index (χ0v) is 30.4. The van der Waals surface area contributed by atoms with Crippen LogP contribution < -0.4 is 18.9 Å². The van der Waals surface area contributed by atoms with Gasteiger partial charge in [0.25, 0.3) is 0 Å². The first kappa shape index (κ1) is 39.9. The van der Waals surface area contributed by atoms with Crippen LogP contribution >= 0.6 is 0 Å². The lowest BCUT2D eigenvalue weighted by Crippen LogP contribution is -2.33. The Morgan fingerprint density at radius 2 is 0.889 bits per heavy atom. The maximum atomic E-state index is 15.8. The topological polar surface area (TPSA) is 46.6 Å². The summed E-state index contributed by atoms with van der Waals surface area (Å²) in [6.45, 7) is 8.43. The van der Waals surface area contributed by atoms with Crippen molar-refractivity contribution in [3.8, 4) is 34.1 Å². The first-order valence-corrected chi connectivity index (χ1v) is 19.0. The molecule has 3 aliphatic heterocycles. The van der Waals surface area contributed by atoms with Crippen molar-refractivity contribution in [2.24, 2.45) is 0 Å². The number of hydrogen-bond acceptors (Lipinski definition) is 7. The lowest BCUT2D eigenvalue weighted by Gasteiger charge is -2.28. The molecule has 0 N–H and O–H groups in total. The second kappa shape index (κ2) is 18.7. The molecule has 7 nitrogen and oxygen atoms in total. The smallest absolute Gasteiger partial charge is 0.432 e. The number of nitrogens with zero attached hydrogens (tertiary/aromatic N) is 3. The van der Waals surface area contributed by atoms with Crippen LogP contribution in [0, 0.1) is 29.1 Å². The number of hydrogen-bond donors (Lipinski definition) is 0. The third-order valence-corrected chi connectivity index (χ3v) is 10.2. The first-order valence-electron chi connectivity index (χ1n) is 19.0. The van der Waals surface area contributed by atoms with Crippen molar-refractivity contribution in [3.05, 3.63) is 71.0 Å². The summed E-state index contributed by atoms with van der Waals surface area (Å²) in [5.74, 6) is -9.26. The minimum absolute atomic E-state index is 0.145. The molecule has 3 aromatic carbocycles. The van der Waals surface area contributed by atoms with Gasteiger partial charge in [-0.1, -0.05) is 19.3 Å². The Balaban J connectivity index is 1.32. The Morgan fingerprint density at radius 1 is 0.481 bits per heavy atom. The summed E-state index contributed by atoms with van der Waals surface area (Å²) >= 11 is 0. The molecule has 0 aromatic heterocycles. The molecule has 6 rings (SSSR count). The van der Waals surface area contributed by atoms with Crippen LogP contribution in [-0.2, 0) is 6.11 Å². The molecule has 14 heteroatoms. The standard InChI is InChI=1S/C40H48F7N3O4/c41-31-22-28(23-32(42)38(31)40(46,47)54-30-24-33(43)39(45)34(44)25-30)37-35(52-20-17-49-12-6-2-7-13-49)26-29(51-19-16-48-10-4-1-5-11-48)27-36(37)53-21-18-50-14-8-3-9-15-50/h22-27H,1-21H2. The maximum Gasteiger partial charge on any atom is 0.432 e. The molecule has 3 fully saturated rings. The van der Waals surface area contributed by atoms with Crippen molar-refractivity contribution < 1.29 is 49.7 Å². The van der Waals surface area contributed by atoms with Crippen molar-refractivity contribution in [2.75, 3.05) is 78.7 Å². The summed E-state index contributed by atoms with van der Waals surface area (Å²) in [7, 11) is 0. The van der Waals surface area contributed by atoms with Crippen molar-refractivity contribution in [1.29, 1.82) is 0 Å². The SMILES string of the molecule is Fc1cc(OC(F)(F)c2c(F)cc(-c3c(OCCN4CCCCC4)cc(OCCN4CCCCC4)cc3OCCN3CCCCC3)cc2F)cc(F)c1F. The Bertz CT molecular complexity index is 1600. The van der Waals surface area contributed by atoms with Gasteiger partial charge in [-0.05, 0) is 95.5 Å². The van der Waals surface area contributed by atoms with Crippen molar-refractivity contribution >= 4 is 0 Å². The minimum Gasteiger partial charge on any atom is -0.492 e. The van der Waals surface area contributed by atoms with Gasteiger partial charge in [0.15, 0.2) is 17.5 Å². The fraction of sp³-hybridized carbons (Fsp3) is 0.550. The van der Waals surface area contributed by atoms with Gasteiger partial charge in [0.05, 0.1) is 5.56 Å². The summed E-state index contributed by atoms with van der Waals surface area (Å²) in [5.41, 5.74) is -1.80. The van der Waals surface area contributed by atoms with E-state index in [9.17, 15) is 13.2 Å². The second-order valence-corrected chi connectivity index (χ2v) is 14.2. The van der Waals surface area contributed by atoms with E-state index in [1.165, 1.54) is 6.42 Å². The molecule has 3 saturated heterocycles. The van der Waals surface area contributed by atoms with E-state index in [4.69, 9.17) is 14.2 Å². The van der Waals surface area contributed by atoms with Crippen LogP contribution in [0.3, 0.4) is 0 Å². The number of ether oxygens (including phenoxy) is 4. The molecule has 0 radical (unpaired) electrons. The molecular weight excluding hydrogens is 719 g/mol. The van der Waals surface area contributed by atoms with E-state index >= 15 is 17.6 Å². The molecule has 0 unspecified atom stereocenters. The highest BCUT2D eigenvalue weighted by molar-refractivity contribution is 5.78. The van der Waals surface area contributed by atoms with Crippen molar-refractivity contribution in [1.82, 2.24) is 14.7 Å². The van der Waals surface area contributed by atoms with Crippen molar-refractivity contribution in [3.63, 3.8) is 0 Å². The fourth-order valence-electron chi connectivity index (χ4n) is 7.36. The van der Waals surface area contributed by atoms with E-state index in [0.29, 0.717) is 44.1 Å². The Morgan fingerprint density at radius 3 is 1.31 bits per heavy atom. The number of rotatable bonds is 16. The van der Waals surface area contributed by atoms with Gasteiger partial charge in [0, 0.05) is 43.9 Å². The van der Waals surface area contributed by atoms with Gasteiger partial charge < -0.3 is 18.9 Å². The van der Waals surface area contributed by atoms with Gasteiger partial charge in [-0.15, -0.1) is 0 Å². The van der Waals surface area contributed by atoms with Gasteiger partial charge in [0.1, 0.15) is 60.0 Å². The highest BCUT2D eigenvalue weighted by Gasteiger charge is 2.42. The zero-order chi connectivity index (χ0) is 38.1. The largest absolute Gasteiger partial charge is 0.492 e. The summed E-state index contributed by atoms with van der Waals surface area (Å²) in [5, 5.41) is 0. The first-order chi connectivity index (χ1) is 26.1.